The molecule has 2 aliphatic heterocycles. The third-order valence-corrected chi connectivity index (χ3v) is 10.7. The SMILES string of the molecule is Cc1[nH]nc2cc(C3=CCC4[C@@]56CC[C@]7(C[C@H](N(C)C)[C@@H](O)[C@H](O)C7=CC5(F)CC[C@]34C)O6)ccc12. The van der Waals surface area contributed by atoms with Crippen molar-refractivity contribution in [1.82, 2.24) is 15.1 Å². The van der Waals surface area contributed by atoms with E-state index >= 15 is 4.39 Å². The van der Waals surface area contributed by atoms with Crippen molar-refractivity contribution in [3.05, 3.63) is 47.2 Å². The van der Waals surface area contributed by atoms with E-state index in [0.29, 0.717) is 37.7 Å². The van der Waals surface area contributed by atoms with Crippen molar-refractivity contribution in [2.45, 2.75) is 87.5 Å². The van der Waals surface area contributed by atoms with Crippen LogP contribution in [0.2, 0.25) is 0 Å². The molecule has 2 unspecified atom stereocenters. The number of rotatable bonds is 2. The second-order valence-electron chi connectivity index (χ2n) is 12.5. The van der Waals surface area contributed by atoms with Gasteiger partial charge in [0.15, 0.2) is 5.67 Å². The fourth-order valence-corrected chi connectivity index (χ4v) is 8.74. The van der Waals surface area contributed by atoms with Crippen molar-refractivity contribution in [1.29, 1.82) is 0 Å². The summed E-state index contributed by atoms with van der Waals surface area (Å²) in [6, 6.07) is 6.23. The summed E-state index contributed by atoms with van der Waals surface area (Å²) in [6.45, 7) is 4.32. The first-order chi connectivity index (χ1) is 17.0. The number of nitrogens with zero attached hydrogens (tertiary/aromatic N) is 2. The molecular formula is C29H36FN3O3. The van der Waals surface area contributed by atoms with Gasteiger partial charge in [0.2, 0.25) is 0 Å². The molecule has 1 aromatic heterocycles. The molecule has 2 spiro atoms. The Labute approximate surface area is 211 Å². The topological polar surface area (TPSA) is 81.6 Å². The fourth-order valence-electron chi connectivity index (χ4n) is 8.74. The Balaban J connectivity index is 1.30. The number of aromatic amines is 1. The highest BCUT2D eigenvalue weighted by atomic mass is 19.1. The minimum Gasteiger partial charge on any atom is -0.388 e. The van der Waals surface area contributed by atoms with E-state index in [1.54, 1.807) is 6.08 Å². The minimum atomic E-state index is -1.65. The van der Waals surface area contributed by atoms with Crippen LogP contribution < -0.4 is 0 Å². The number of nitrogens with one attached hydrogen (secondary N) is 1. The minimum absolute atomic E-state index is 0.00865. The molecule has 8 atom stereocenters. The number of alkyl halides is 1. The van der Waals surface area contributed by atoms with E-state index in [4.69, 9.17) is 4.74 Å². The number of hydrogen-bond acceptors (Lipinski definition) is 5. The predicted molar refractivity (Wildman–Crippen MR) is 136 cm³/mol. The van der Waals surface area contributed by atoms with Gasteiger partial charge in [-0.05, 0) is 93.8 Å². The first-order valence-electron chi connectivity index (χ1n) is 13.3. The largest absolute Gasteiger partial charge is 0.388 e. The number of aromatic nitrogens is 2. The van der Waals surface area contributed by atoms with Crippen molar-refractivity contribution < 1.29 is 19.3 Å². The number of fused-ring (bicyclic) bond motifs is 2. The predicted octanol–water partition coefficient (Wildman–Crippen LogP) is 4.07. The summed E-state index contributed by atoms with van der Waals surface area (Å²) in [5, 5.41) is 30.7. The van der Waals surface area contributed by atoms with Crippen LogP contribution in [-0.4, -0.2) is 74.5 Å². The number of likely N-dealkylation sites (N-methyl/N-ethyl adjacent to an activating group) is 1. The lowest BCUT2D eigenvalue weighted by Crippen LogP contribution is -2.68. The van der Waals surface area contributed by atoms with Gasteiger partial charge in [-0.25, -0.2) is 4.39 Å². The number of allylic oxidation sites excluding steroid dienone is 2. The maximum atomic E-state index is 17.1. The molecular weight excluding hydrogens is 457 g/mol. The van der Waals surface area contributed by atoms with Crippen LogP contribution in [0.5, 0.6) is 0 Å². The average Bonchev–Trinajstić information content (AvgIpc) is 3.50. The summed E-state index contributed by atoms with van der Waals surface area (Å²) < 4.78 is 24.2. The van der Waals surface area contributed by atoms with Crippen LogP contribution in [0.15, 0.2) is 35.9 Å². The first kappa shape index (κ1) is 23.1. The van der Waals surface area contributed by atoms with Gasteiger partial charge in [0.25, 0.3) is 0 Å². The normalized spacial score (nSPS) is 45.3. The third kappa shape index (κ3) is 2.62. The standard InChI is InChI=1S/C29H36FN3O3/c1-16-18-6-5-17(13-21(18)32-31-16)19-7-8-23-26(19,2)9-11-28(30)14-20-24(34)25(35)22(33(3)4)15-27(20)10-12-29(23,28)36-27/h5-7,13-14,22-25,34-35H,8-12,15H2,1-4H3,(H,31,32)/t22-,23?,24+,25+,26+,27+,28?,29-/m0/s1. The van der Waals surface area contributed by atoms with E-state index in [2.05, 4.69) is 41.4 Å². The average molecular weight is 494 g/mol. The smallest absolute Gasteiger partial charge is 0.158 e. The van der Waals surface area contributed by atoms with Gasteiger partial charge in [-0.2, -0.15) is 5.10 Å². The van der Waals surface area contributed by atoms with Crippen LogP contribution in [0.3, 0.4) is 0 Å². The van der Waals surface area contributed by atoms with Gasteiger partial charge in [0.1, 0.15) is 11.7 Å². The molecule has 192 valence electrons. The maximum absolute atomic E-state index is 17.1. The molecule has 7 heteroatoms. The number of hydrogen-bond donors (Lipinski definition) is 3. The molecule has 0 amide bonds. The number of aliphatic hydroxyl groups is 2. The lowest BCUT2D eigenvalue weighted by Gasteiger charge is -2.60. The van der Waals surface area contributed by atoms with Crippen molar-refractivity contribution in [3.8, 4) is 0 Å². The van der Waals surface area contributed by atoms with Crippen LogP contribution in [0, 0.1) is 18.3 Å². The van der Waals surface area contributed by atoms with Crippen molar-refractivity contribution in [2.24, 2.45) is 11.3 Å². The Morgan fingerprint density at radius 3 is 2.75 bits per heavy atom. The zero-order chi connectivity index (χ0) is 25.3. The molecule has 2 saturated carbocycles. The fraction of sp³-hybridized carbons (Fsp3) is 0.621. The number of H-pyrrole nitrogens is 1. The lowest BCUT2D eigenvalue weighted by atomic mass is 9.53. The molecule has 7 rings (SSSR count). The number of halogens is 1. The quantitative estimate of drug-likeness (QED) is 0.550. The molecule has 3 N–H and O–H groups in total. The lowest BCUT2D eigenvalue weighted by molar-refractivity contribution is -0.239. The molecule has 36 heavy (non-hydrogen) atoms. The Hall–Kier alpha value is -2.06. The van der Waals surface area contributed by atoms with Crippen molar-refractivity contribution in [2.75, 3.05) is 14.1 Å². The van der Waals surface area contributed by atoms with Crippen LogP contribution >= 0.6 is 0 Å². The molecule has 1 saturated heterocycles. The van der Waals surface area contributed by atoms with E-state index < -0.39 is 29.1 Å². The highest BCUT2D eigenvalue weighted by Gasteiger charge is 2.74. The highest BCUT2D eigenvalue weighted by molar-refractivity contribution is 5.86. The Morgan fingerprint density at radius 1 is 1.17 bits per heavy atom. The van der Waals surface area contributed by atoms with Gasteiger partial charge >= 0.3 is 0 Å². The molecule has 3 aliphatic carbocycles. The summed E-state index contributed by atoms with van der Waals surface area (Å²) >= 11 is 0. The first-order valence-corrected chi connectivity index (χ1v) is 13.3. The summed E-state index contributed by atoms with van der Waals surface area (Å²) in [5.74, 6) is 0.00865. The number of benzene rings is 1. The van der Waals surface area contributed by atoms with Gasteiger partial charge in [0, 0.05) is 23.0 Å². The monoisotopic (exact) mass is 493 g/mol. The van der Waals surface area contributed by atoms with E-state index in [0.717, 1.165) is 28.6 Å². The zero-order valence-corrected chi connectivity index (χ0v) is 21.5. The van der Waals surface area contributed by atoms with Crippen LogP contribution in [0.1, 0.15) is 56.7 Å². The number of ether oxygens (including phenoxy) is 1. The summed E-state index contributed by atoms with van der Waals surface area (Å²) in [7, 11) is 3.84. The Bertz CT molecular complexity index is 1330. The van der Waals surface area contributed by atoms with Gasteiger partial charge in [-0.1, -0.05) is 25.1 Å². The second-order valence-corrected chi connectivity index (χ2v) is 12.5. The number of aryl methyl sites for hydroxylation is 1. The molecule has 1 aromatic carbocycles. The van der Waals surface area contributed by atoms with E-state index in [9.17, 15) is 10.2 Å². The molecule has 0 radical (unpaired) electrons. The second kappa shape index (κ2) is 7.07. The van der Waals surface area contributed by atoms with Gasteiger partial charge < -0.3 is 19.8 Å². The Morgan fingerprint density at radius 2 is 1.97 bits per heavy atom. The zero-order valence-electron chi connectivity index (χ0n) is 21.5. The molecule has 2 aromatic rings. The summed E-state index contributed by atoms with van der Waals surface area (Å²) in [4.78, 5) is 1.96. The van der Waals surface area contributed by atoms with Crippen LogP contribution in [0.25, 0.3) is 16.5 Å². The summed E-state index contributed by atoms with van der Waals surface area (Å²) in [6.07, 6.45) is 5.65. The van der Waals surface area contributed by atoms with Crippen molar-refractivity contribution in [3.63, 3.8) is 0 Å². The van der Waals surface area contributed by atoms with E-state index in [1.165, 1.54) is 5.57 Å². The van der Waals surface area contributed by atoms with E-state index in [-0.39, 0.29) is 17.4 Å². The third-order valence-electron chi connectivity index (χ3n) is 10.7. The molecule has 2 bridgehead atoms. The van der Waals surface area contributed by atoms with Gasteiger partial charge in [0.05, 0.1) is 17.2 Å². The van der Waals surface area contributed by atoms with Crippen LogP contribution in [0.4, 0.5) is 4.39 Å². The van der Waals surface area contributed by atoms with Crippen molar-refractivity contribution >= 4 is 16.5 Å². The molecule has 6 nitrogen and oxygen atoms in total. The highest BCUT2D eigenvalue weighted by Crippen LogP contribution is 2.71. The van der Waals surface area contributed by atoms with Gasteiger partial charge in [-0.3, -0.25) is 5.10 Å². The van der Waals surface area contributed by atoms with E-state index in [1.807, 2.05) is 25.9 Å². The Kier molecular flexibility index (Phi) is 4.53. The molecule has 3 heterocycles. The molecule has 3 fully saturated rings. The number of aliphatic hydroxyl groups excluding tert-OH is 2. The van der Waals surface area contributed by atoms with Gasteiger partial charge in [-0.15, -0.1) is 0 Å². The molecule has 5 aliphatic rings. The van der Waals surface area contributed by atoms with Crippen LogP contribution in [-0.2, 0) is 4.74 Å². The maximum Gasteiger partial charge on any atom is 0.158 e. The summed E-state index contributed by atoms with van der Waals surface area (Å²) in [5.41, 5.74) is 1.52.